The maximum Gasteiger partial charge on any atom is 0.328 e. The van der Waals surface area contributed by atoms with Gasteiger partial charge in [0.05, 0.1) is 28.7 Å². The molecule has 4 rings (SSSR count). The van der Waals surface area contributed by atoms with E-state index in [9.17, 15) is 9.59 Å². The number of thioether (sulfide) groups is 1. The standard InChI is InChI=1S/C20H17N3O3S2/c1-21-15-9-4-12(10-16(15)22(2)19(21)25)11-17-18(24)23(20(27)28-17)13-5-7-14(26-3)8-6-13/h4-11H,1-3H3. The molecule has 0 aliphatic carbocycles. The number of benzene rings is 2. The zero-order chi connectivity index (χ0) is 20.0. The van der Waals surface area contributed by atoms with Gasteiger partial charge in [-0.3, -0.25) is 18.8 Å². The summed E-state index contributed by atoms with van der Waals surface area (Å²) in [6.45, 7) is 0. The summed E-state index contributed by atoms with van der Waals surface area (Å²) in [5.74, 6) is 0.550. The zero-order valence-electron chi connectivity index (χ0n) is 15.5. The van der Waals surface area contributed by atoms with E-state index in [2.05, 4.69) is 0 Å². The largest absolute Gasteiger partial charge is 0.497 e. The molecule has 3 aromatic rings. The number of aryl methyl sites for hydroxylation is 2. The lowest BCUT2D eigenvalue weighted by atomic mass is 10.1. The number of carbonyl (C=O) groups excluding carboxylic acids is 1. The number of hydrogen-bond donors (Lipinski definition) is 0. The van der Waals surface area contributed by atoms with Crippen molar-refractivity contribution in [2.45, 2.75) is 0 Å². The lowest BCUT2D eigenvalue weighted by Gasteiger charge is -2.14. The summed E-state index contributed by atoms with van der Waals surface area (Å²) in [6, 6.07) is 12.9. The van der Waals surface area contributed by atoms with Crippen molar-refractivity contribution in [2.24, 2.45) is 14.1 Å². The summed E-state index contributed by atoms with van der Waals surface area (Å²) in [7, 11) is 5.07. The molecule has 142 valence electrons. The fraction of sp³-hybridized carbons (Fsp3) is 0.150. The SMILES string of the molecule is COc1ccc(N2C(=O)C(=Cc3ccc4c(c3)n(C)c(=O)n4C)SC2=S)cc1. The van der Waals surface area contributed by atoms with Crippen LogP contribution in [0.4, 0.5) is 5.69 Å². The molecule has 0 N–H and O–H groups in total. The van der Waals surface area contributed by atoms with E-state index in [1.54, 1.807) is 60.7 Å². The van der Waals surface area contributed by atoms with Gasteiger partial charge in [0.15, 0.2) is 4.32 Å². The molecule has 0 atom stereocenters. The summed E-state index contributed by atoms with van der Waals surface area (Å²) >= 11 is 6.68. The molecule has 1 aromatic heterocycles. The van der Waals surface area contributed by atoms with Gasteiger partial charge in [-0.1, -0.05) is 30.0 Å². The van der Waals surface area contributed by atoms with Crippen LogP contribution in [0.2, 0.25) is 0 Å². The minimum absolute atomic E-state index is 0.0852. The number of thiocarbonyl (C=S) groups is 1. The van der Waals surface area contributed by atoms with E-state index in [1.807, 2.05) is 18.2 Å². The molecular weight excluding hydrogens is 394 g/mol. The van der Waals surface area contributed by atoms with Gasteiger partial charge in [-0.05, 0) is 48.0 Å². The third-order valence-corrected chi connectivity index (χ3v) is 6.02. The minimum Gasteiger partial charge on any atom is -0.497 e. The second kappa shape index (κ2) is 6.96. The number of carbonyl (C=O) groups is 1. The smallest absolute Gasteiger partial charge is 0.328 e. The Morgan fingerprint density at radius 3 is 2.36 bits per heavy atom. The second-order valence-electron chi connectivity index (χ2n) is 6.36. The molecule has 8 heteroatoms. The highest BCUT2D eigenvalue weighted by Gasteiger charge is 2.33. The summed E-state index contributed by atoms with van der Waals surface area (Å²) in [5, 5.41) is 0. The van der Waals surface area contributed by atoms with Crippen LogP contribution in [0, 0.1) is 0 Å². The van der Waals surface area contributed by atoms with Crippen molar-refractivity contribution in [2.75, 3.05) is 12.0 Å². The Kier molecular flexibility index (Phi) is 4.60. The molecule has 0 radical (unpaired) electrons. The summed E-state index contributed by atoms with van der Waals surface area (Å²) in [6.07, 6.45) is 1.81. The number of methoxy groups -OCH3 is 1. The second-order valence-corrected chi connectivity index (χ2v) is 8.04. The van der Waals surface area contributed by atoms with Gasteiger partial charge in [-0.15, -0.1) is 0 Å². The fourth-order valence-corrected chi connectivity index (χ4v) is 4.49. The summed E-state index contributed by atoms with van der Waals surface area (Å²) < 4.78 is 8.83. The van der Waals surface area contributed by atoms with Crippen molar-refractivity contribution in [3.05, 3.63) is 63.4 Å². The van der Waals surface area contributed by atoms with Gasteiger partial charge in [0.1, 0.15) is 5.75 Å². The molecule has 2 aromatic carbocycles. The molecule has 0 bridgehead atoms. The predicted molar refractivity (Wildman–Crippen MR) is 117 cm³/mol. The van der Waals surface area contributed by atoms with Crippen LogP contribution in [0.5, 0.6) is 5.75 Å². The number of imidazole rings is 1. The van der Waals surface area contributed by atoms with Crippen LogP contribution >= 0.6 is 24.0 Å². The number of ether oxygens (including phenoxy) is 1. The molecule has 28 heavy (non-hydrogen) atoms. The Hall–Kier alpha value is -2.84. The molecule has 0 saturated carbocycles. The Bertz CT molecular complexity index is 1210. The third kappa shape index (κ3) is 2.94. The van der Waals surface area contributed by atoms with Crippen LogP contribution in [0.25, 0.3) is 17.1 Å². The van der Waals surface area contributed by atoms with E-state index < -0.39 is 0 Å². The number of aromatic nitrogens is 2. The molecule has 1 aliphatic heterocycles. The lowest BCUT2D eigenvalue weighted by molar-refractivity contribution is -0.113. The van der Waals surface area contributed by atoms with E-state index in [0.29, 0.717) is 20.7 Å². The van der Waals surface area contributed by atoms with Crippen LogP contribution in [-0.2, 0) is 18.9 Å². The predicted octanol–water partition coefficient (Wildman–Crippen LogP) is 3.29. The average molecular weight is 412 g/mol. The van der Waals surface area contributed by atoms with Gasteiger partial charge in [0.2, 0.25) is 0 Å². The Labute approximate surface area is 171 Å². The van der Waals surface area contributed by atoms with Crippen molar-refractivity contribution >= 4 is 57.0 Å². The molecule has 1 saturated heterocycles. The number of hydrogen-bond acceptors (Lipinski definition) is 5. The minimum atomic E-state index is -0.165. The van der Waals surface area contributed by atoms with Gasteiger partial charge in [0.25, 0.3) is 5.91 Å². The van der Waals surface area contributed by atoms with E-state index in [1.165, 1.54) is 16.7 Å². The van der Waals surface area contributed by atoms with E-state index in [-0.39, 0.29) is 11.6 Å². The topological polar surface area (TPSA) is 56.5 Å². The van der Waals surface area contributed by atoms with Gasteiger partial charge < -0.3 is 4.74 Å². The Morgan fingerprint density at radius 2 is 1.68 bits per heavy atom. The van der Waals surface area contributed by atoms with Crippen LogP contribution < -0.4 is 15.3 Å². The first kappa shape index (κ1) is 18.5. The highest BCUT2D eigenvalue weighted by molar-refractivity contribution is 8.27. The molecule has 6 nitrogen and oxygen atoms in total. The van der Waals surface area contributed by atoms with Crippen molar-refractivity contribution in [3.8, 4) is 5.75 Å². The number of rotatable bonds is 3. The number of fused-ring (bicyclic) bond motifs is 1. The van der Waals surface area contributed by atoms with Crippen LogP contribution in [0.3, 0.4) is 0 Å². The first-order valence-corrected chi connectivity index (χ1v) is 9.70. The normalized spacial score (nSPS) is 15.8. The first-order valence-electron chi connectivity index (χ1n) is 8.48. The molecule has 0 spiro atoms. The monoisotopic (exact) mass is 411 g/mol. The van der Waals surface area contributed by atoms with Crippen molar-refractivity contribution in [3.63, 3.8) is 0 Å². The van der Waals surface area contributed by atoms with Crippen molar-refractivity contribution < 1.29 is 9.53 Å². The van der Waals surface area contributed by atoms with Crippen molar-refractivity contribution in [1.29, 1.82) is 0 Å². The molecule has 2 heterocycles. The van der Waals surface area contributed by atoms with Gasteiger partial charge in [-0.25, -0.2) is 4.79 Å². The fourth-order valence-electron chi connectivity index (χ4n) is 3.19. The average Bonchev–Trinajstić information content (AvgIpc) is 3.10. The van der Waals surface area contributed by atoms with E-state index >= 15 is 0 Å². The van der Waals surface area contributed by atoms with Crippen LogP contribution in [0.15, 0.2) is 52.2 Å². The summed E-state index contributed by atoms with van der Waals surface area (Å²) in [4.78, 5) is 27.1. The Morgan fingerprint density at radius 1 is 1.00 bits per heavy atom. The number of nitrogens with zero attached hydrogens (tertiary/aromatic N) is 3. The van der Waals surface area contributed by atoms with Gasteiger partial charge in [-0.2, -0.15) is 0 Å². The highest BCUT2D eigenvalue weighted by Crippen LogP contribution is 2.36. The molecule has 1 amide bonds. The molecule has 1 fully saturated rings. The first-order chi connectivity index (χ1) is 13.4. The molecule has 1 aliphatic rings. The van der Waals surface area contributed by atoms with Crippen LogP contribution in [-0.4, -0.2) is 26.5 Å². The maximum atomic E-state index is 12.9. The number of amides is 1. The van der Waals surface area contributed by atoms with Crippen molar-refractivity contribution in [1.82, 2.24) is 9.13 Å². The number of anilines is 1. The third-order valence-electron chi connectivity index (χ3n) is 4.72. The molecular formula is C20H17N3O3S2. The Balaban J connectivity index is 1.69. The van der Waals surface area contributed by atoms with Gasteiger partial charge >= 0.3 is 5.69 Å². The van der Waals surface area contributed by atoms with E-state index in [4.69, 9.17) is 17.0 Å². The lowest BCUT2D eigenvalue weighted by Crippen LogP contribution is -2.27. The molecule has 0 unspecified atom stereocenters. The quantitative estimate of drug-likeness (QED) is 0.489. The van der Waals surface area contributed by atoms with Crippen LogP contribution in [0.1, 0.15) is 5.56 Å². The van der Waals surface area contributed by atoms with E-state index in [0.717, 1.165) is 16.6 Å². The maximum absolute atomic E-state index is 12.9. The summed E-state index contributed by atoms with van der Waals surface area (Å²) in [5.41, 5.74) is 3.11. The zero-order valence-corrected chi connectivity index (χ0v) is 17.1. The van der Waals surface area contributed by atoms with Gasteiger partial charge in [0, 0.05) is 14.1 Å². The highest BCUT2D eigenvalue weighted by atomic mass is 32.2.